The van der Waals surface area contributed by atoms with Crippen LogP contribution in [0.5, 0.6) is 0 Å². The predicted molar refractivity (Wildman–Crippen MR) is 145 cm³/mol. The monoisotopic (exact) mass is 443 g/mol. The van der Waals surface area contributed by atoms with E-state index in [4.69, 9.17) is 0 Å². The van der Waals surface area contributed by atoms with E-state index in [0.29, 0.717) is 0 Å². The molecule has 0 aliphatic heterocycles. The highest BCUT2D eigenvalue weighted by molar-refractivity contribution is 6.11. The van der Waals surface area contributed by atoms with Crippen molar-refractivity contribution in [2.24, 2.45) is 0 Å². The minimum absolute atomic E-state index is 0.990. The fraction of sp³-hybridized carbons (Fsp3) is 0.129. The topological polar surface area (TPSA) is 22.8 Å². The Morgan fingerprint density at radius 3 is 2.44 bits per heavy atom. The third-order valence-corrected chi connectivity index (χ3v) is 6.19. The van der Waals surface area contributed by atoms with E-state index >= 15 is 0 Å². The molecular formula is C31H29N3. The first-order valence-electron chi connectivity index (χ1n) is 11.8. The minimum atomic E-state index is 0.990. The van der Waals surface area contributed by atoms with Crippen molar-refractivity contribution < 1.29 is 0 Å². The summed E-state index contributed by atoms with van der Waals surface area (Å²) in [7, 11) is 0. The number of benzene rings is 3. The predicted octanol–water partition coefficient (Wildman–Crippen LogP) is 8.34. The van der Waals surface area contributed by atoms with E-state index in [2.05, 4.69) is 106 Å². The van der Waals surface area contributed by atoms with Crippen molar-refractivity contribution in [3.05, 3.63) is 116 Å². The highest BCUT2D eigenvalue weighted by Crippen LogP contribution is 2.36. The van der Waals surface area contributed by atoms with Gasteiger partial charge in [0, 0.05) is 34.6 Å². The Morgan fingerprint density at radius 1 is 0.882 bits per heavy atom. The fourth-order valence-corrected chi connectivity index (χ4v) is 4.68. The largest absolute Gasteiger partial charge is 0.310 e. The van der Waals surface area contributed by atoms with Crippen LogP contribution in [0.3, 0.4) is 0 Å². The second kappa shape index (κ2) is 9.40. The van der Waals surface area contributed by atoms with Crippen molar-refractivity contribution in [2.75, 3.05) is 0 Å². The Kier molecular flexibility index (Phi) is 6.01. The highest BCUT2D eigenvalue weighted by Gasteiger charge is 2.14. The van der Waals surface area contributed by atoms with Crippen LogP contribution in [0.2, 0.25) is 0 Å². The summed E-state index contributed by atoms with van der Waals surface area (Å²) in [4.78, 5) is 4.37. The molecule has 0 amide bonds. The molecule has 0 N–H and O–H groups in total. The summed E-state index contributed by atoms with van der Waals surface area (Å²) in [6.07, 6.45) is 14.7. The van der Waals surface area contributed by atoms with E-state index in [1.54, 1.807) is 6.08 Å². The molecule has 2 aromatic heterocycles. The lowest BCUT2D eigenvalue weighted by molar-refractivity contribution is 0.975. The van der Waals surface area contributed by atoms with E-state index in [-0.39, 0.29) is 0 Å². The average Bonchev–Trinajstić information content (AvgIpc) is 3.46. The van der Waals surface area contributed by atoms with Crippen molar-refractivity contribution in [1.29, 1.82) is 0 Å². The van der Waals surface area contributed by atoms with Gasteiger partial charge < -0.3 is 9.13 Å². The molecule has 0 saturated heterocycles. The average molecular weight is 444 g/mol. The standard InChI is InChI=1S/C28H23N3.C3H6/c1-20-29-16-17-30(20)24-11-7-8-21(18-24)22-14-15-28-26(19-22)25-12-5-6-13-27(25)31(28)23-9-3-2-4-10-23;1-3-2/h3,5-19H,2,4H2,1H3;3H,1H2,2H3. The number of rotatable bonds is 3. The van der Waals surface area contributed by atoms with Gasteiger partial charge in [0.2, 0.25) is 0 Å². The number of allylic oxidation sites excluding steroid dienone is 5. The zero-order valence-corrected chi connectivity index (χ0v) is 19.8. The van der Waals surface area contributed by atoms with Crippen molar-refractivity contribution >= 4 is 27.5 Å². The second-order valence-corrected chi connectivity index (χ2v) is 8.50. The van der Waals surface area contributed by atoms with Crippen LogP contribution in [-0.2, 0) is 0 Å². The van der Waals surface area contributed by atoms with Gasteiger partial charge in [-0.2, -0.15) is 0 Å². The Morgan fingerprint density at radius 2 is 1.68 bits per heavy atom. The molecule has 0 spiro atoms. The molecule has 3 nitrogen and oxygen atoms in total. The molecule has 0 unspecified atom stereocenters. The summed E-state index contributed by atoms with van der Waals surface area (Å²) in [5.74, 6) is 0.990. The first kappa shape index (κ1) is 21.7. The van der Waals surface area contributed by atoms with Crippen LogP contribution in [0.15, 0.2) is 110 Å². The van der Waals surface area contributed by atoms with E-state index in [1.807, 2.05) is 26.2 Å². The smallest absolute Gasteiger partial charge is 0.110 e. The third-order valence-electron chi connectivity index (χ3n) is 6.19. The molecule has 0 radical (unpaired) electrons. The molecule has 0 saturated carbocycles. The zero-order chi connectivity index (χ0) is 23.5. The Balaban J connectivity index is 0.000000764. The van der Waals surface area contributed by atoms with Gasteiger partial charge in [-0.15, -0.1) is 6.58 Å². The molecule has 1 aliphatic rings. The van der Waals surface area contributed by atoms with E-state index in [0.717, 1.165) is 24.4 Å². The Bertz CT molecular complexity index is 1540. The first-order valence-corrected chi connectivity index (χ1v) is 11.8. The molecule has 168 valence electrons. The number of nitrogens with zero attached hydrogens (tertiary/aromatic N) is 3. The molecule has 6 rings (SSSR count). The molecule has 0 bridgehead atoms. The third kappa shape index (κ3) is 3.90. The molecular weight excluding hydrogens is 414 g/mol. The van der Waals surface area contributed by atoms with Gasteiger partial charge in [0.25, 0.3) is 0 Å². The van der Waals surface area contributed by atoms with Gasteiger partial charge in [0.15, 0.2) is 0 Å². The maximum Gasteiger partial charge on any atom is 0.110 e. The molecule has 1 aliphatic carbocycles. The summed E-state index contributed by atoms with van der Waals surface area (Å²) in [6, 6.07) is 24.2. The number of hydrogen-bond acceptors (Lipinski definition) is 1. The van der Waals surface area contributed by atoms with Crippen molar-refractivity contribution in [2.45, 2.75) is 26.7 Å². The van der Waals surface area contributed by atoms with Gasteiger partial charge in [0.1, 0.15) is 5.82 Å². The van der Waals surface area contributed by atoms with E-state index < -0.39 is 0 Å². The van der Waals surface area contributed by atoms with Gasteiger partial charge in [-0.3, -0.25) is 0 Å². The second-order valence-electron chi connectivity index (χ2n) is 8.50. The van der Waals surface area contributed by atoms with Gasteiger partial charge in [-0.1, -0.05) is 54.6 Å². The lowest BCUT2D eigenvalue weighted by Gasteiger charge is -2.12. The molecule has 0 fully saturated rings. The normalized spacial score (nSPS) is 12.9. The summed E-state index contributed by atoms with van der Waals surface area (Å²) >= 11 is 0. The van der Waals surface area contributed by atoms with Crippen molar-refractivity contribution in [3.8, 4) is 16.8 Å². The lowest BCUT2D eigenvalue weighted by Crippen LogP contribution is -1.97. The zero-order valence-electron chi connectivity index (χ0n) is 19.8. The number of hydrogen-bond donors (Lipinski definition) is 0. The molecule has 5 aromatic rings. The summed E-state index contributed by atoms with van der Waals surface area (Å²) in [5, 5.41) is 2.58. The molecule has 0 atom stereocenters. The summed E-state index contributed by atoms with van der Waals surface area (Å²) in [5.41, 5.74) is 7.35. The molecule has 3 heteroatoms. The van der Waals surface area contributed by atoms with Crippen LogP contribution >= 0.6 is 0 Å². The maximum atomic E-state index is 4.37. The number of imidazole rings is 1. The lowest BCUT2D eigenvalue weighted by atomic mass is 10.0. The number of aryl methyl sites for hydroxylation is 1. The van der Waals surface area contributed by atoms with Crippen LogP contribution in [-0.4, -0.2) is 14.1 Å². The highest BCUT2D eigenvalue weighted by atomic mass is 15.1. The van der Waals surface area contributed by atoms with Crippen LogP contribution in [0.25, 0.3) is 44.3 Å². The number of fused-ring (bicyclic) bond motifs is 3. The summed E-state index contributed by atoms with van der Waals surface area (Å²) < 4.78 is 4.52. The van der Waals surface area contributed by atoms with Crippen LogP contribution < -0.4 is 0 Å². The van der Waals surface area contributed by atoms with Crippen LogP contribution in [0.4, 0.5) is 0 Å². The molecule has 3 aromatic carbocycles. The first-order chi connectivity index (χ1) is 16.7. The minimum Gasteiger partial charge on any atom is -0.310 e. The summed E-state index contributed by atoms with van der Waals surface area (Å²) in [6.45, 7) is 7.28. The maximum absolute atomic E-state index is 4.37. The van der Waals surface area contributed by atoms with Crippen LogP contribution in [0.1, 0.15) is 25.6 Å². The quantitative estimate of drug-likeness (QED) is 0.257. The van der Waals surface area contributed by atoms with Gasteiger partial charge >= 0.3 is 0 Å². The van der Waals surface area contributed by atoms with Gasteiger partial charge in [-0.25, -0.2) is 4.98 Å². The molecule has 34 heavy (non-hydrogen) atoms. The van der Waals surface area contributed by atoms with Gasteiger partial charge in [-0.05, 0) is 74.2 Å². The molecule has 2 heterocycles. The van der Waals surface area contributed by atoms with Crippen molar-refractivity contribution in [1.82, 2.24) is 14.1 Å². The fourth-order valence-electron chi connectivity index (χ4n) is 4.68. The SMILES string of the molecule is C=CC.Cc1nccn1-c1cccc(-c2ccc3c(c2)c2ccccc2n3C2=CCCC=C2)c1. The van der Waals surface area contributed by atoms with Gasteiger partial charge in [0.05, 0.1) is 11.0 Å². The number of para-hydroxylation sites is 1. The Labute approximate surface area is 201 Å². The van der Waals surface area contributed by atoms with Crippen molar-refractivity contribution in [3.63, 3.8) is 0 Å². The van der Waals surface area contributed by atoms with Crippen LogP contribution in [0, 0.1) is 6.92 Å². The Hall–Kier alpha value is -4.11. The number of aromatic nitrogens is 3. The van der Waals surface area contributed by atoms with E-state index in [9.17, 15) is 0 Å². The van der Waals surface area contributed by atoms with E-state index in [1.165, 1.54) is 38.6 Å².